The number of ether oxygens (including phenoxy) is 1. The molecule has 0 amide bonds. The summed E-state index contributed by atoms with van der Waals surface area (Å²) in [5.74, 6) is 1.71. The summed E-state index contributed by atoms with van der Waals surface area (Å²) in [5, 5.41) is 13.7. The van der Waals surface area contributed by atoms with E-state index < -0.39 is 0 Å². The second-order valence-electron chi connectivity index (χ2n) is 7.61. The molecule has 30 heavy (non-hydrogen) atoms. The van der Waals surface area contributed by atoms with E-state index in [0.29, 0.717) is 13.2 Å². The topological polar surface area (TPSA) is 63.5 Å². The first-order valence-electron chi connectivity index (χ1n) is 10.6. The molecule has 0 saturated heterocycles. The molecule has 1 unspecified atom stereocenters. The van der Waals surface area contributed by atoms with Crippen LogP contribution in [-0.2, 0) is 13.5 Å². The Balaban J connectivity index is 1.57. The number of fused-ring (bicyclic) bond motifs is 1. The van der Waals surface area contributed by atoms with Crippen LogP contribution in [0.2, 0.25) is 0 Å². The van der Waals surface area contributed by atoms with E-state index in [1.54, 1.807) is 0 Å². The molecule has 0 aliphatic heterocycles. The van der Waals surface area contributed by atoms with Crippen molar-refractivity contribution in [2.24, 2.45) is 12.0 Å². The van der Waals surface area contributed by atoms with Crippen molar-refractivity contribution in [1.82, 2.24) is 20.4 Å². The minimum atomic E-state index is 0.239. The number of benzene rings is 2. The molecule has 0 spiro atoms. The summed E-state index contributed by atoms with van der Waals surface area (Å²) in [6.45, 7) is 10.4. The van der Waals surface area contributed by atoms with E-state index in [9.17, 15) is 0 Å². The maximum Gasteiger partial charge on any atom is 0.191 e. The fourth-order valence-electron chi connectivity index (χ4n) is 3.66. The Morgan fingerprint density at radius 2 is 1.93 bits per heavy atom. The van der Waals surface area contributed by atoms with Gasteiger partial charge in [-0.1, -0.05) is 36.4 Å². The van der Waals surface area contributed by atoms with Crippen molar-refractivity contribution in [3.05, 3.63) is 59.4 Å². The second-order valence-corrected chi connectivity index (χ2v) is 7.61. The average molecular weight is 408 g/mol. The minimum absolute atomic E-state index is 0.239. The quantitative estimate of drug-likeness (QED) is 0.339. The molecule has 160 valence electrons. The van der Waals surface area contributed by atoms with Gasteiger partial charge in [0.05, 0.1) is 12.2 Å². The molecule has 0 saturated carbocycles. The zero-order valence-corrected chi connectivity index (χ0v) is 18.7. The molecule has 1 atom stereocenters. The monoisotopic (exact) mass is 407 g/mol. The third kappa shape index (κ3) is 5.32. The molecule has 0 aliphatic rings. The molecule has 3 aromatic rings. The molecule has 0 bridgehead atoms. The fraction of sp³-hybridized carbons (Fsp3) is 0.417. The smallest absolute Gasteiger partial charge is 0.191 e. The summed E-state index contributed by atoms with van der Waals surface area (Å²) in [6, 6.07) is 14.6. The van der Waals surface area contributed by atoms with Crippen LogP contribution < -0.4 is 15.4 Å². The largest absolute Gasteiger partial charge is 0.491 e. The van der Waals surface area contributed by atoms with E-state index >= 15 is 0 Å². The Morgan fingerprint density at radius 3 is 2.67 bits per heavy atom. The van der Waals surface area contributed by atoms with Crippen molar-refractivity contribution in [3.8, 4) is 5.75 Å². The Morgan fingerprint density at radius 1 is 1.17 bits per heavy atom. The average Bonchev–Trinajstić information content (AvgIpc) is 2.97. The number of rotatable bonds is 8. The third-order valence-electron chi connectivity index (χ3n) is 5.26. The van der Waals surface area contributed by atoms with Crippen LogP contribution in [0.4, 0.5) is 0 Å². The van der Waals surface area contributed by atoms with E-state index in [4.69, 9.17) is 4.74 Å². The molecule has 3 rings (SSSR count). The Hall–Kier alpha value is -3.02. The van der Waals surface area contributed by atoms with Gasteiger partial charge in [-0.25, -0.2) is 4.99 Å². The minimum Gasteiger partial charge on any atom is -0.491 e. The van der Waals surface area contributed by atoms with Crippen molar-refractivity contribution in [1.29, 1.82) is 0 Å². The lowest BCUT2D eigenvalue weighted by Gasteiger charge is -2.18. The third-order valence-corrected chi connectivity index (χ3v) is 5.26. The SMILES string of the molecule is CCNC(=NCCOc1cccc2ccccc12)NC(C)Cc1c(C)nn(C)c1C. The highest BCUT2D eigenvalue weighted by Gasteiger charge is 2.14. The van der Waals surface area contributed by atoms with Gasteiger partial charge in [0.15, 0.2) is 5.96 Å². The maximum absolute atomic E-state index is 6.01. The van der Waals surface area contributed by atoms with Gasteiger partial charge in [-0.3, -0.25) is 4.68 Å². The van der Waals surface area contributed by atoms with Crippen LogP contribution in [0.15, 0.2) is 47.5 Å². The number of hydrogen-bond acceptors (Lipinski definition) is 3. The number of aliphatic imine (C=N–C) groups is 1. The molecule has 6 nitrogen and oxygen atoms in total. The molecule has 1 heterocycles. The summed E-state index contributed by atoms with van der Waals surface area (Å²) < 4.78 is 7.95. The van der Waals surface area contributed by atoms with Crippen LogP contribution in [0.1, 0.15) is 30.8 Å². The van der Waals surface area contributed by atoms with Crippen molar-refractivity contribution < 1.29 is 4.74 Å². The van der Waals surface area contributed by atoms with Crippen LogP contribution in [0.5, 0.6) is 5.75 Å². The van der Waals surface area contributed by atoms with Crippen LogP contribution in [0, 0.1) is 13.8 Å². The van der Waals surface area contributed by atoms with E-state index in [1.165, 1.54) is 16.6 Å². The summed E-state index contributed by atoms with van der Waals surface area (Å²) >= 11 is 0. The number of nitrogens with zero attached hydrogens (tertiary/aromatic N) is 3. The van der Waals surface area contributed by atoms with Gasteiger partial charge in [-0.2, -0.15) is 5.10 Å². The number of aromatic nitrogens is 2. The standard InChI is InChI=1S/C24H33N5O/c1-6-25-24(27-17(2)16-22-18(3)28-29(5)19(22)4)26-14-15-30-23-13-9-11-20-10-7-8-12-21(20)23/h7-13,17H,6,14-16H2,1-5H3,(H2,25,26,27). The zero-order chi connectivity index (χ0) is 21.5. The fourth-order valence-corrected chi connectivity index (χ4v) is 3.66. The summed E-state index contributed by atoms with van der Waals surface area (Å²) in [7, 11) is 1.99. The molecule has 6 heteroatoms. The van der Waals surface area contributed by atoms with E-state index in [-0.39, 0.29) is 6.04 Å². The molecule has 1 aromatic heterocycles. The molecular formula is C24H33N5O. The first-order chi connectivity index (χ1) is 14.5. The maximum atomic E-state index is 6.01. The predicted molar refractivity (Wildman–Crippen MR) is 124 cm³/mol. The predicted octanol–water partition coefficient (Wildman–Crippen LogP) is 3.76. The van der Waals surface area contributed by atoms with Crippen molar-refractivity contribution in [2.75, 3.05) is 19.7 Å². The second kappa shape index (κ2) is 10.1. The van der Waals surface area contributed by atoms with Gasteiger partial charge in [0.1, 0.15) is 12.4 Å². The van der Waals surface area contributed by atoms with E-state index in [0.717, 1.165) is 35.8 Å². The normalized spacial score (nSPS) is 12.8. The van der Waals surface area contributed by atoms with Gasteiger partial charge >= 0.3 is 0 Å². The van der Waals surface area contributed by atoms with Crippen LogP contribution in [-0.4, -0.2) is 41.5 Å². The van der Waals surface area contributed by atoms with Gasteiger partial charge in [0.25, 0.3) is 0 Å². The molecule has 0 aliphatic carbocycles. The number of guanidine groups is 1. The first kappa shape index (κ1) is 21.7. The van der Waals surface area contributed by atoms with Crippen LogP contribution in [0.25, 0.3) is 10.8 Å². The van der Waals surface area contributed by atoms with Crippen molar-refractivity contribution in [2.45, 2.75) is 40.2 Å². The van der Waals surface area contributed by atoms with Crippen molar-refractivity contribution in [3.63, 3.8) is 0 Å². The Labute approximate surface area is 179 Å². The van der Waals surface area contributed by atoms with Crippen LogP contribution in [0.3, 0.4) is 0 Å². The first-order valence-corrected chi connectivity index (χ1v) is 10.6. The molecule has 2 aromatic carbocycles. The van der Waals surface area contributed by atoms with E-state index in [1.807, 2.05) is 36.0 Å². The number of aryl methyl sites for hydroxylation is 2. The van der Waals surface area contributed by atoms with Crippen LogP contribution >= 0.6 is 0 Å². The highest BCUT2D eigenvalue weighted by molar-refractivity contribution is 5.88. The lowest BCUT2D eigenvalue weighted by molar-refractivity contribution is 0.332. The van der Waals surface area contributed by atoms with Gasteiger partial charge in [-0.05, 0) is 51.1 Å². The molecular weight excluding hydrogens is 374 g/mol. The molecule has 0 fully saturated rings. The lowest BCUT2D eigenvalue weighted by atomic mass is 10.1. The zero-order valence-electron chi connectivity index (χ0n) is 18.7. The lowest BCUT2D eigenvalue weighted by Crippen LogP contribution is -2.43. The van der Waals surface area contributed by atoms with E-state index in [2.05, 4.69) is 66.6 Å². The summed E-state index contributed by atoms with van der Waals surface area (Å²) in [5.41, 5.74) is 3.60. The Bertz CT molecular complexity index is 1000. The Kier molecular flexibility index (Phi) is 7.33. The summed E-state index contributed by atoms with van der Waals surface area (Å²) in [4.78, 5) is 4.69. The molecule has 0 radical (unpaired) electrons. The van der Waals surface area contributed by atoms with Crippen molar-refractivity contribution >= 4 is 16.7 Å². The van der Waals surface area contributed by atoms with Gasteiger partial charge in [0.2, 0.25) is 0 Å². The number of hydrogen-bond donors (Lipinski definition) is 2. The number of nitrogens with one attached hydrogen (secondary N) is 2. The molecule has 2 N–H and O–H groups in total. The summed E-state index contributed by atoms with van der Waals surface area (Å²) in [6.07, 6.45) is 0.905. The highest BCUT2D eigenvalue weighted by atomic mass is 16.5. The van der Waals surface area contributed by atoms with Gasteiger partial charge in [-0.15, -0.1) is 0 Å². The highest BCUT2D eigenvalue weighted by Crippen LogP contribution is 2.24. The van der Waals surface area contributed by atoms with Gasteiger partial charge in [0, 0.05) is 30.7 Å². The van der Waals surface area contributed by atoms with Gasteiger partial charge < -0.3 is 15.4 Å².